The van der Waals surface area contributed by atoms with Crippen molar-refractivity contribution in [3.8, 4) is 0 Å². The van der Waals surface area contributed by atoms with Gasteiger partial charge in [-0.1, -0.05) is 17.3 Å². The topological polar surface area (TPSA) is 97.1 Å². The molecule has 0 spiro atoms. The summed E-state index contributed by atoms with van der Waals surface area (Å²) in [6, 6.07) is 6.75. The summed E-state index contributed by atoms with van der Waals surface area (Å²) in [5.74, 6) is 0.120. The van der Waals surface area contributed by atoms with Crippen molar-refractivity contribution in [3.63, 3.8) is 0 Å². The van der Waals surface area contributed by atoms with Crippen molar-refractivity contribution >= 4 is 17.5 Å². The van der Waals surface area contributed by atoms with Gasteiger partial charge in [0.05, 0.1) is 17.7 Å². The highest BCUT2D eigenvalue weighted by Crippen LogP contribution is 2.15. The van der Waals surface area contributed by atoms with Gasteiger partial charge in [-0.3, -0.25) is 9.59 Å². The van der Waals surface area contributed by atoms with Gasteiger partial charge in [0, 0.05) is 14.0 Å². The Bertz CT molecular complexity index is 636. The second-order valence-corrected chi connectivity index (χ2v) is 4.08. The van der Waals surface area contributed by atoms with Crippen LogP contribution in [0.1, 0.15) is 22.1 Å². The molecule has 0 aliphatic carbocycles. The number of hydrogen-bond donors (Lipinski definition) is 2. The van der Waals surface area contributed by atoms with E-state index < -0.39 is 0 Å². The van der Waals surface area contributed by atoms with E-state index in [1.165, 1.54) is 7.05 Å². The third kappa shape index (κ3) is 3.19. The maximum absolute atomic E-state index is 11.9. The Morgan fingerprint density at radius 3 is 2.70 bits per heavy atom. The summed E-state index contributed by atoms with van der Waals surface area (Å²) >= 11 is 0. The molecule has 104 valence electrons. The van der Waals surface area contributed by atoms with Crippen LogP contribution in [0.2, 0.25) is 0 Å². The lowest BCUT2D eigenvalue weighted by molar-refractivity contribution is -0.115. The minimum absolute atomic E-state index is 0.0145. The van der Waals surface area contributed by atoms with Crippen molar-refractivity contribution in [2.24, 2.45) is 0 Å². The Morgan fingerprint density at radius 1 is 1.30 bits per heavy atom. The molecule has 1 heterocycles. The summed E-state index contributed by atoms with van der Waals surface area (Å²) in [7, 11) is 1.53. The third-order valence-corrected chi connectivity index (χ3v) is 2.56. The molecule has 1 aromatic carbocycles. The van der Waals surface area contributed by atoms with Crippen molar-refractivity contribution in [2.45, 2.75) is 13.3 Å². The maximum Gasteiger partial charge on any atom is 0.253 e. The van der Waals surface area contributed by atoms with Crippen molar-refractivity contribution < 1.29 is 14.1 Å². The van der Waals surface area contributed by atoms with Crippen molar-refractivity contribution in [1.29, 1.82) is 0 Å². The maximum atomic E-state index is 11.9. The summed E-state index contributed by atoms with van der Waals surface area (Å²) < 4.78 is 4.79. The van der Waals surface area contributed by atoms with E-state index >= 15 is 0 Å². The van der Waals surface area contributed by atoms with E-state index in [-0.39, 0.29) is 18.2 Å². The molecule has 2 aromatic rings. The van der Waals surface area contributed by atoms with Gasteiger partial charge in [-0.25, -0.2) is 0 Å². The molecule has 0 bridgehead atoms. The van der Waals surface area contributed by atoms with Crippen LogP contribution in [0.3, 0.4) is 0 Å². The van der Waals surface area contributed by atoms with Crippen molar-refractivity contribution in [1.82, 2.24) is 15.5 Å². The molecule has 0 saturated carbocycles. The molecule has 7 heteroatoms. The van der Waals surface area contributed by atoms with Crippen molar-refractivity contribution in [3.05, 3.63) is 41.5 Å². The number of benzene rings is 1. The standard InChI is InChI=1S/C13H14N4O3/c1-8-15-11(17-20-8)7-12(18)16-10-6-4-3-5-9(10)13(19)14-2/h3-6H,7H2,1-2H3,(H,14,19)(H,16,18). The Kier molecular flexibility index (Phi) is 4.09. The number of para-hydroxylation sites is 1. The van der Waals surface area contributed by atoms with E-state index in [1.807, 2.05) is 0 Å². The smallest absolute Gasteiger partial charge is 0.253 e. The van der Waals surface area contributed by atoms with Gasteiger partial charge < -0.3 is 15.2 Å². The molecule has 0 radical (unpaired) electrons. The van der Waals surface area contributed by atoms with Crippen LogP contribution in [0.25, 0.3) is 0 Å². The van der Waals surface area contributed by atoms with Gasteiger partial charge in [-0.05, 0) is 12.1 Å². The van der Waals surface area contributed by atoms with Crippen LogP contribution in [0.5, 0.6) is 0 Å². The molecule has 2 amide bonds. The van der Waals surface area contributed by atoms with Gasteiger partial charge in [-0.15, -0.1) is 0 Å². The number of aromatic nitrogens is 2. The zero-order valence-corrected chi connectivity index (χ0v) is 11.1. The molecule has 0 atom stereocenters. The molecule has 2 rings (SSSR count). The summed E-state index contributed by atoms with van der Waals surface area (Å²) in [5.41, 5.74) is 0.838. The van der Waals surface area contributed by atoms with E-state index in [9.17, 15) is 9.59 Å². The molecule has 7 nitrogen and oxygen atoms in total. The average Bonchev–Trinajstić information content (AvgIpc) is 2.83. The van der Waals surface area contributed by atoms with Gasteiger partial charge in [-0.2, -0.15) is 4.98 Å². The fourth-order valence-electron chi connectivity index (χ4n) is 1.68. The number of anilines is 1. The van der Waals surface area contributed by atoms with Crippen LogP contribution >= 0.6 is 0 Å². The lowest BCUT2D eigenvalue weighted by atomic mass is 10.1. The van der Waals surface area contributed by atoms with E-state index in [4.69, 9.17) is 4.52 Å². The summed E-state index contributed by atoms with van der Waals surface area (Å²) in [5, 5.41) is 8.82. The second kappa shape index (κ2) is 5.96. The molecule has 20 heavy (non-hydrogen) atoms. The van der Waals surface area contributed by atoms with Crippen LogP contribution in [0, 0.1) is 6.92 Å². The molecule has 0 fully saturated rings. The molecule has 0 unspecified atom stereocenters. The predicted octanol–water partition coefficient (Wildman–Crippen LogP) is 0.919. The molecule has 0 aliphatic rings. The Balaban J connectivity index is 2.10. The van der Waals surface area contributed by atoms with E-state index in [0.717, 1.165) is 0 Å². The average molecular weight is 274 g/mol. The highest BCUT2D eigenvalue weighted by Gasteiger charge is 2.13. The molecule has 0 aliphatic heterocycles. The summed E-state index contributed by atoms with van der Waals surface area (Å²) in [4.78, 5) is 27.5. The normalized spacial score (nSPS) is 10.1. The second-order valence-electron chi connectivity index (χ2n) is 4.08. The molecule has 0 saturated heterocycles. The predicted molar refractivity (Wildman–Crippen MR) is 71.2 cm³/mol. The van der Waals surface area contributed by atoms with Gasteiger partial charge in [0.2, 0.25) is 11.8 Å². The number of nitrogens with one attached hydrogen (secondary N) is 2. The SMILES string of the molecule is CNC(=O)c1ccccc1NC(=O)Cc1noc(C)n1. The summed E-state index contributed by atoms with van der Waals surface area (Å²) in [6.45, 7) is 1.65. The van der Waals surface area contributed by atoms with Crippen LogP contribution in [-0.4, -0.2) is 29.0 Å². The quantitative estimate of drug-likeness (QED) is 0.864. The Morgan fingerprint density at radius 2 is 2.05 bits per heavy atom. The van der Waals surface area contributed by atoms with Gasteiger partial charge in [0.25, 0.3) is 5.91 Å². The minimum Gasteiger partial charge on any atom is -0.355 e. The van der Waals surface area contributed by atoms with Gasteiger partial charge in [0.15, 0.2) is 5.82 Å². The lowest BCUT2D eigenvalue weighted by Crippen LogP contribution is -2.22. The Hall–Kier alpha value is -2.70. The molecular formula is C13H14N4O3. The molecule has 1 aromatic heterocycles. The number of aryl methyl sites for hydroxylation is 1. The highest BCUT2D eigenvalue weighted by molar-refractivity contribution is 6.03. The first kappa shape index (κ1) is 13.7. The van der Waals surface area contributed by atoms with E-state index in [0.29, 0.717) is 23.0 Å². The van der Waals surface area contributed by atoms with Gasteiger partial charge in [0.1, 0.15) is 0 Å². The molecular weight excluding hydrogens is 260 g/mol. The largest absolute Gasteiger partial charge is 0.355 e. The van der Waals surface area contributed by atoms with Gasteiger partial charge >= 0.3 is 0 Å². The van der Waals surface area contributed by atoms with Crippen LogP contribution in [0.4, 0.5) is 5.69 Å². The number of amides is 2. The highest BCUT2D eigenvalue weighted by atomic mass is 16.5. The van der Waals surface area contributed by atoms with E-state index in [1.54, 1.807) is 31.2 Å². The zero-order valence-electron chi connectivity index (χ0n) is 11.1. The number of carbonyl (C=O) groups excluding carboxylic acids is 2. The summed E-state index contributed by atoms with van der Waals surface area (Å²) in [6.07, 6.45) is -0.0145. The zero-order chi connectivity index (χ0) is 14.5. The van der Waals surface area contributed by atoms with Crippen LogP contribution < -0.4 is 10.6 Å². The Labute approximate surface area is 115 Å². The van der Waals surface area contributed by atoms with E-state index in [2.05, 4.69) is 20.8 Å². The van der Waals surface area contributed by atoms with Crippen LogP contribution in [0.15, 0.2) is 28.8 Å². The third-order valence-electron chi connectivity index (χ3n) is 2.56. The number of rotatable bonds is 4. The van der Waals surface area contributed by atoms with Crippen LogP contribution in [-0.2, 0) is 11.2 Å². The fourth-order valence-corrected chi connectivity index (χ4v) is 1.68. The monoisotopic (exact) mass is 274 g/mol. The number of carbonyl (C=O) groups is 2. The first-order chi connectivity index (χ1) is 9.60. The number of hydrogen-bond acceptors (Lipinski definition) is 5. The number of nitrogens with zero attached hydrogens (tertiary/aromatic N) is 2. The fraction of sp³-hybridized carbons (Fsp3) is 0.231. The first-order valence-electron chi connectivity index (χ1n) is 6.00. The van der Waals surface area contributed by atoms with Crippen molar-refractivity contribution in [2.75, 3.05) is 12.4 Å². The molecule has 2 N–H and O–H groups in total. The minimum atomic E-state index is -0.317. The lowest BCUT2D eigenvalue weighted by Gasteiger charge is -2.09. The first-order valence-corrected chi connectivity index (χ1v) is 6.00.